The van der Waals surface area contributed by atoms with Crippen LogP contribution in [0.4, 0.5) is 0 Å². The first-order valence-corrected chi connectivity index (χ1v) is 17.5. The van der Waals surface area contributed by atoms with Gasteiger partial charge in [0.1, 0.15) is 10.7 Å². The van der Waals surface area contributed by atoms with E-state index in [0.717, 1.165) is 22.6 Å². The molecule has 0 aliphatic carbocycles. The van der Waals surface area contributed by atoms with Crippen molar-refractivity contribution < 1.29 is 0 Å². The van der Waals surface area contributed by atoms with E-state index in [9.17, 15) is 9.59 Å². The molecule has 3 aromatic rings. The second kappa shape index (κ2) is 19.0. The predicted molar refractivity (Wildman–Crippen MR) is 175 cm³/mol. The van der Waals surface area contributed by atoms with Gasteiger partial charge in [-0.1, -0.05) is 104 Å². The molecule has 0 atom stereocenters. The third-order valence-electron chi connectivity index (χ3n) is 7.48. The molecule has 0 aliphatic rings. The maximum Gasteiger partial charge on any atom is 0.272 e. The Kier molecular flexibility index (Phi) is 15.4. The van der Waals surface area contributed by atoms with Crippen LogP contribution in [0.1, 0.15) is 136 Å². The van der Waals surface area contributed by atoms with E-state index in [1.165, 1.54) is 112 Å². The third kappa shape index (κ3) is 12.1. The highest BCUT2D eigenvalue weighted by Gasteiger charge is 2.03. The van der Waals surface area contributed by atoms with E-state index in [2.05, 4.69) is 35.9 Å². The molecule has 0 saturated carbocycles. The third-order valence-corrected chi connectivity index (χ3v) is 9.66. The van der Waals surface area contributed by atoms with Crippen molar-refractivity contribution in [2.45, 2.75) is 129 Å². The van der Waals surface area contributed by atoms with Gasteiger partial charge in [-0.25, -0.2) is 0 Å². The van der Waals surface area contributed by atoms with Gasteiger partial charge in [-0.2, -0.15) is 0 Å². The van der Waals surface area contributed by atoms with Crippen LogP contribution in [0.5, 0.6) is 0 Å². The number of nitrogens with one attached hydrogen (secondary N) is 2. The molecule has 3 heterocycles. The van der Waals surface area contributed by atoms with E-state index in [1.807, 2.05) is 12.1 Å². The fraction of sp³-hybridized carbons (Fsp3) is 0.588. The number of unbranched alkanes of at least 4 members (excludes halogenated alkanes) is 14. The highest BCUT2D eigenvalue weighted by atomic mass is 32.1. The lowest BCUT2D eigenvalue weighted by molar-refractivity contribution is 0.576. The zero-order valence-electron chi connectivity index (χ0n) is 24.8. The lowest BCUT2D eigenvalue weighted by Gasteiger charge is -2.00. The predicted octanol–water partition coefficient (Wildman–Crippen LogP) is 8.21. The Labute approximate surface area is 248 Å². The van der Waals surface area contributed by atoms with E-state index in [0.29, 0.717) is 10.7 Å². The summed E-state index contributed by atoms with van der Waals surface area (Å²) in [6, 6.07) is 8.38. The fourth-order valence-electron chi connectivity index (χ4n) is 5.06. The minimum absolute atomic E-state index is 0.264. The Bertz CT molecular complexity index is 1240. The molecular weight excluding hydrogens is 533 g/mol. The molecule has 3 rings (SSSR count). The van der Waals surface area contributed by atoms with Crippen molar-refractivity contribution >= 4 is 34.8 Å². The molecule has 0 spiro atoms. The Hall–Kier alpha value is -2.18. The SMILES string of the molecule is CCCCCCCCCCc1ccc(C=c2[nH]c(=O)c(=Cc3ccc(CCCCCCCCCC)s3)[nH]c2=O)s1. The number of aromatic nitrogens is 2. The zero-order chi connectivity index (χ0) is 28.4. The largest absolute Gasteiger partial charge is 0.316 e. The van der Waals surface area contributed by atoms with Crippen molar-refractivity contribution in [2.24, 2.45) is 0 Å². The summed E-state index contributed by atoms with van der Waals surface area (Å²) in [5.74, 6) is 0. The summed E-state index contributed by atoms with van der Waals surface area (Å²) in [6.45, 7) is 4.52. The van der Waals surface area contributed by atoms with Crippen LogP contribution in [0.2, 0.25) is 0 Å². The van der Waals surface area contributed by atoms with Gasteiger partial charge in [0.2, 0.25) is 0 Å². The van der Waals surface area contributed by atoms with Crippen LogP contribution in [0.3, 0.4) is 0 Å². The summed E-state index contributed by atoms with van der Waals surface area (Å²) < 4.78 is 0. The van der Waals surface area contributed by atoms with Crippen LogP contribution >= 0.6 is 22.7 Å². The smallest absolute Gasteiger partial charge is 0.272 e. The summed E-state index contributed by atoms with van der Waals surface area (Å²) in [6.07, 6.45) is 26.8. The normalized spacial score (nSPS) is 12.6. The van der Waals surface area contributed by atoms with Gasteiger partial charge in [-0.15, -0.1) is 22.7 Å². The Morgan fingerprint density at radius 3 is 1.25 bits per heavy atom. The van der Waals surface area contributed by atoms with Gasteiger partial charge in [-0.3, -0.25) is 9.59 Å². The molecule has 0 aromatic carbocycles. The summed E-state index contributed by atoms with van der Waals surface area (Å²) in [4.78, 5) is 35.8. The van der Waals surface area contributed by atoms with Gasteiger partial charge >= 0.3 is 0 Å². The molecule has 0 saturated heterocycles. The highest BCUT2D eigenvalue weighted by molar-refractivity contribution is 7.13. The van der Waals surface area contributed by atoms with Gasteiger partial charge in [-0.05, 0) is 62.1 Å². The lowest BCUT2D eigenvalue weighted by Crippen LogP contribution is -2.46. The molecule has 2 N–H and O–H groups in total. The van der Waals surface area contributed by atoms with Crippen LogP contribution in [-0.4, -0.2) is 9.97 Å². The van der Waals surface area contributed by atoms with Crippen molar-refractivity contribution in [3.8, 4) is 0 Å². The number of hydrogen-bond acceptors (Lipinski definition) is 4. The van der Waals surface area contributed by atoms with E-state index in [-0.39, 0.29) is 11.1 Å². The van der Waals surface area contributed by atoms with Crippen LogP contribution < -0.4 is 21.8 Å². The molecule has 0 unspecified atom stereocenters. The monoisotopic (exact) mass is 582 g/mol. The fourth-order valence-corrected chi connectivity index (χ4v) is 7.06. The molecule has 0 aliphatic heterocycles. The molecule has 3 aromatic heterocycles. The number of rotatable bonds is 20. The molecule has 0 fully saturated rings. The number of thiophene rings is 2. The molecule has 0 bridgehead atoms. The van der Waals surface area contributed by atoms with E-state index in [1.54, 1.807) is 34.8 Å². The van der Waals surface area contributed by atoms with E-state index >= 15 is 0 Å². The Balaban J connectivity index is 1.50. The summed E-state index contributed by atoms with van der Waals surface area (Å²) in [7, 11) is 0. The lowest BCUT2D eigenvalue weighted by atomic mass is 10.1. The average molecular weight is 583 g/mol. The van der Waals surface area contributed by atoms with Crippen LogP contribution in [0.15, 0.2) is 33.9 Å². The van der Waals surface area contributed by atoms with Gasteiger partial charge in [0.05, 0.1) is 0 Å². The molecule has 4 nitrogen and oxygen atoms in total. The quantitative estimate of drug-likeness (QED) is 0.132. The molecule has 220 valence electrons. The summed E-state index contributed by atoms with van der Waals surface area (Å²) in [5, 5.41) is 0.619. The van der Waals surface area contributed by atoms with E-state index in [4.69, 9.17) is 0 Å². The standard InChI is InChI=1S/C34H50N2O2S2/c1-3-5-7-9-11-13-15-17-19-27-21-23-29(39-27)25-31-33(37)36-32(34(38)35-31)26-30-24-22-28(40-30)20-18-16-14-12-10-8-6-4-2/h21-26H,3-20H2,1-2H3,(H,35,38)(H,36,37). The molecule has 0 amide bonds. The number of H-pyrrole nitrogens is 2. The Morgan fingerprint density at radius 1 is 0.525 bits per heavy atom. The molecule has 0 radical (unpaired) electrons. The number of hydrogen-bond donors (Lipinski definition) is 2. The second-order valence-electron chi connectivity index (χ2n) is 11.1. The average Bonchev–Trinajstić information content (AvgIpc) is 3.59. The first-order chi connectivity index (χ1) is 19.6. The van der Waals surface area contributed by atoms with Gasteiger partial charge in [0.25, 0.3) is 11.1 Å². The van der Waals surface area contributed by atoms with Crippen LogP contribution in [-0.2, 0) is 12.8 Å². The number of aryl methyl sites for hydroxylation is 2. The van der Waals surface area contributed by atoms with E-state index < -0.39 is 0 Å². The number of aromatic amines is 2. The molecule has 6 heteroatoms. The van der Waals surface area contributed by atoms with Crippen molar-refractivity contribution in [1.29, 1.82) is 0 Å². The minimum atomic E-state index is -0.264. The van der Waals surface area contributed by atoms with Crippen molar-refractivity contribution in [2.75, 3.05) is 0 Å². The van der Waals surface area contributed by atoms with Gasteiger partial charge in [0.15, 0.2) is 0 Å². The minimum Gasteiger partial charge on any atom is -0.316 e. The maximum absolute atomic E-state index is 12.8. The topological polar surface area (TPSA) is 65.7 Å². The highest BCUT2D eigenvalue weighted by Crippen LogP contribution is 2.21. The van der Waals surface area contributed by atoms with Crippen LogP contribution in [0, 0.1) is 0 Å². The van der Waals surface area contributed by atoms with Crippen molar-refractivity contribution in [3.63, 3.8) is 0 Å². The van der Waals surface area contributed by atoms with Crippen molar-refractivity contribution in [1.82, 2.24) is 9.97 Å². The first-order valence-electron chi connectivity index (χ1n) is 15.8. The summed E-state index contributed by atoms with van der Waals surface area (Å²) in [5.41, 5.74) is -0.529. The summed E-state index contributed by atoms with van der Waals surface area (Å²) >= 11 is 3.41. The first kappa shape index (κ1) is 32.3. The maximum atomic E-state index is 12.8. The Morgan fingerprint density at radius 2 is 0.875 bits per heavy atom. The zero-order valence-corrected chi connectivity index (χ0v) is 26.5. The van der Waals surface area contributed by atoms with Gasteiger partial charge in [0, 0.05) is 19.5 Å². The van der Waals surface area contributed by atoms with Crippen molar-refractivity contribution in [3.05, 3.63) is 75.2 Å². The molecular formula is C34H50N2O2S2. The molecule has 40 heavy (non-hydrogen) atoms. The van der Waals surface area contributed by atoms with Crippen LogP contribution in [0.25, 0.3) is 12.2 Å². The van der Waals surface area contributed by atoms with Gasteiger partial charge < -0.3 is 9.97 Å². The second-order valence-corrected chi connectivity index (χ2v) is 13.5.